The first kappa shape index (κ1) is 22.2. The number of hydrogen-bond donors (Lipinski definition) is 3. The molecule has 7 nitrogen and oxygen atoms in total. The first-order valence-corrected chi connectivity index (χ1v) is 10.4. The molecule has 0 fully saturated rings. The monoisotopic (exact) mass is 448 g/mol. The van der Waals surface area contributed by atoms with E-state index in [1.165, 1.54) is 25.3 Å². The maximum Gasteiger partial charge on any atom is 0.204 e. The number of aromatic hydroxyl groups is 3. The van der Waals surface area contributed by atoms with Gasteiger partial charge in [-0.3, -0.25) is 4.79 Å². The van der Waals surface area contributed by atoms with Gasteiger partial charge in [0.1, 0.15) is 22.5 Å². The highest BCUT2D eigenvalue weighted by Crippen LogP contribution is 2.46. The van der Waals surface area contributed by atoms with Crippen LogP contribution < -0.4 is 10.2 Å². The van der Waals surface area contributed by atoms with Crippen molar-refractivity contribution in [2.24, 2.45) is 0 Å². The number of fused-ring (bicyclic) bond motifs is 1. The molecule has 0 saturated carbocycles. The molecule has 0 aliphatic carbocycles. The highest BCUT2D eigenvalue weighted by atomic mass is 16.5. The summed E-state index contributed by atoms with van der Waals surface area (Å²) in [6, 6.07) is 17.1. The topological polar surface area (TPSA) is 109 Å². The summed E-state index contributed by atoms with van der Waals surface area (Å²) >= 11 is 0. The summed E-state index contributed by atoms with van der Waals surface area (Å²) in [7, 11) is 2.90. The lowest BCUT2D eigenvalue weighted by atomic mass is 9.90. The van der Waals surface area contributed by atoms with Gasteiger partial charge >= 0.3 is 0 Å². The predicted octanol–water partition coefficient (Wildman–Crippen LogP) is 4.56. The van der Waals surface area contributed by atoms with Gasteiger partial charge in [0.2, 0.25) is 5.75 Å². The molecule has 0 spiro atoms. The van der Waals surface area contributed by atoms with Crippen LogP contribution in [0, 0.1) is 0 Å². The number of phenolic OH excluding ortho intramolecular Hbond substituents is 3. The summed E-state index contributed by atoms with van der Waals surface area (Å²) in [5.74, 6) is -0.824. The Balaban J connectivity index is 1.96. The molecule has 170 valence electrons. The van der Waals surface area contributed by atoms with Crippen LogP contribution in [0.15, 0.2) is 69.9 Å². The van der Waals surface area contributed by atoms with E-state index in [1.54, 1.807) is 19.2 Å². The number of rotatable bonds is 7. The van der Waals surface area contributed by atoms with Crippen molar-refractivity contribution in [3.63, 3.8) is 0 Å². The Kier molecular flexibility index (Phi) is 6.24. The highest BCUT2D eigenvalue weighted by Gasteiger charge is 2.27. The molecular weight excluding hydrogens is 424 g/mol. The molecule has 0 saturated heterocycles. The van der Waals surface area contributed by atoms with Crippen LogP contribution in [0.25, 0.3) is 22.3 Å². The van der Waals surface area contributed by atoms with Gasteiger partial charge < -0.3 is 29.2 Å². The van der Waals surface area contributed by atoms with Crippen LogP contribution in [0.3, 0.4) is 0 Å². The lowest BCUT2D eigenvalue weighted by molar-refractivity contribution is 0.178. The summed E-state index contributed by atoms with van der Waals surface area (Å²) in [5.41, 5.74) is 1.45. The zero-order valence-electron chi connectivity index (χ0n) is 18.2. The lowest BCUT2D eigenvalue weighted by Gasteiger charge is -2.20. The molecule has 1 heterocycles. The van der Waals surface area contributed by atoms with E-state index in [4.69, 9.17) is 13.9 Å². The average Bonchev–Trinajstić information content (AvgIpc) is 2.82. The van der Waals surface area contributed by atoms with Gasteiger partial charge in [-0.05, 0) is 36.2 Å². The molecule has 0 amide bonds. The fourth-order valence-electron chi connectivity index (χ4n) is 4.00. The smallest absolute Gasteiger partial charge is 0.204 e. The van der Waals surface area contributed by atoms with E-state index in [1.807, 2.05) is 30.3 Å². The predicted molar refractivity (Wildman–Crippen MR) is 124 cm³/mol. The molecule has 33 heavy (non-hydrogen) atoms. The minimum Gasteiger partial charge on any atom is -0.508 e. The Morgan fingerprint density at radius 2 is 1.64 bits per heavy atom. The van der Waals surface area contributed by atoms with Crippen molar-refractivity contribution in [3.05, 3.63) is 82.0 Å². The molecule has 1 aromatic heterocycles. The fraction of sp³-hybridized carbons (Fsp3) is 0.192. The second kappa shape index (κ2) is 9.26. The molecule has 0 aliphatic rings. The summed E-state index contributed by atoms with van der Waals surface area (Å²) < 4.78 is 16.7. The third-order valence-electron chi connectivity index (χ3n) is 5.62. The van der Waals surface area contributed by atoms with Gasteiger partial charge in [0.05, 0.1) is 13.7 Å². The van der Waals surface area contributed by atoms with Gasteiger partial charge in [-0.25, -0.2) is 0 Å². The Labute approximate surface area is 190 Å². The number of phenols is 3. The van der Waals surface area contributed by atoms with Crippen LogP contribution in [-0.4, -0.2) is 36.1 Å². The van der Waals surface area contributed by atoms with Crippen molar-refractivity contribution < 1.29 is 29.2 Å². The first-order valence-electron chi connectivity index (χ1n) is 10.4. The molecule has 4 rings (SSSR count). The Morgan fingerprint density at radius 1 is 0.939 bits per heavy atom. The molecule has 7 heteroatoms. The average molecular weight is 448 g/mol. The largest absolute Gasteiger partial charge is 0.508 e. The van der Waals surface area contributed by atoms with E-state index in [2.05, 4.69) is 0 Å². The van der Waals surface area contributed by atoms with Crippen molar-refractivity contribution in [1.82, 2.24) is 0 Å². The Morgan fingerprint density at radius 3 is 2.27 bits per heavy atom. The van der Waals surface area contributed by atoms with Crippen LogP contribution in [0.1, 0.15) is 17.0 Å². The SMILES string of the molecule is COCC(Cc1c(O)c(OC)c(O)c2c(=O)cc(-c3ccc(O)cc3)oc12)c1ccccc1. The van der Waals surface area contributed by atoms with Crippen LogP contribution in [0.2, 0.25) is 0 Å². The molecule has 0 bridgehead atoms. The number of hydrogen-bond acceptors (Lipinski definition) is 7. The van der Waals surface area contributed by atoms with Crippen molar-refractivity contribution in [1.29, 1.82) is 0 Å². The maximum absolute atomic E-state index is 13.0. The van der Waals surface area contributed by atoms with Gasteiger partial charge in [0.15, 0.2) is 16.9 Å². The minimum absolute atomic E-state index is 0.0680. The summed E-state index contributed by atoms with van der Waals surface area (Å²) in [5, 5.41) is 31.2. The zero-order chi connectivity index (χ0) is 23.5. The lowest BCUT2D eigenvalue weighted by Crippen LogP contribution is -2.12. The van der Waals surface area contributed by atoms with E-state index in [9.17, 15) is 20.1 Å². The highest BCUT2D eigenvalue weighted by molar-refractivity contribution is 5.92. The van der Waals surface area contributed by atoms with Crippen LogP contribution in [0.4, 0.5) is 0 Å². The zero-order valence-corrected chi connectivity index (χ0v) is 18.2. The summed E-state index contributed by atoms with van der Waals surface area (Å²) in [6.45, 7) is 0.357. The second-order valence-electron chi connectivity index (χ2n) is 7.70. The van der Waals surface area contributed by atoms with Crippen LogP contribution in [-0.2, 0) is 11.2 Å². The van der Waals surface area contributed by atoms with Crippen molar-refractivity contribution in [2.45, 2.75) is 12.3 Å². The molecule has 1 atom stereocenters. The summed E-state index contributed by atoms with van der Waals surface area (Å²) in [4.78, 5) is 13.0. The normalized spacial score (nSPS) is 12.1. The van der Waals surface area contributed by atoms with Gasteiger partial charge in [0, 0.05) is 30.2 Å². The van der Waals surface area contributed by atoms with Crippen LogP contribution in [0.5, 0.6) is 23.0 Å². The quantitative estimate of drug-likeness (QED) is 0.380. The van der Waals surface area contributed by atoms with E-state index >= 15 is 0 Å². The number of benzene rings is 3. The third kappa shape index (κ3) is 4.23. The number of methoxy groups -OCH3 is 2. The maximum atomic E-state index is 13.0. The van der Waals surface area contributed by atoms with E-state index in [-0.39, 0.29) is 46.3 Å². The van der Waals surface area contributed by atoms with Crippen molar-refractivity contribution in [3.8, 4) is 34.3 Å². The van der Waals surface area contributed by atoms with E-state index in [0.29, 0.717) is 17.7 Å². The Hall–Kier alpha value is -3.97. The van der Waals surface area contributed by atoms with Gasteiger partial charge in [-0.2, -0.15) is 0 Å². The molecule has 0 aliphatic heterocycles. The summed E-state index contributed by atoms with van der Waals surface area (Å²) in [6.07, 6.45) is 0.263. The second-order valence-corrected chi connectivity index (χ2v) is 7.70. The van der Waals surface area contributed by atoms with Crippen molar-refractivity contribution >= 4 is 11.0 Å². The number of ether oxygens (including phenoxy) is 2. The van der Waals surface area contributed by atoms with Gasteiger partial charge in [-0.1, -0.05) is 30.3 Å². The molecule has 3 N–H and O–H groups in total. The van der Waals surface area contributed by atoms with Gasteiger partial charge in [0.25, 0.3) is 0 Å². The standard InChI is InChI=1S/C26H24O7/c1-31-14-17(15-6-4-3-5-7-15)12-19-23(29)26(32-2)24(30)22-20(28)13-21(33-25(19)22)16-8-10-18(27)11-9-16/h3-11,13,17,27,29-30H,12,14H2,1-2H3. The van der Waals surface area contributed by atoms with Crippen molar-refractivity contribution in [2.75, 3.05) is 20.8 Å². The third-order valence-corrected chi connectivity index (χ3v) is 5.62. The van der Waals surface area contributed by atoms with E-state index in [0.717, 1.165) is 5.56 Å². The Bertz CT molecular complexity index is 1330. The molecule has 0 radical (unpaired) electrons. The van der Waals surface area contributed by atoms with E-state index < -0.39 is 11.2 Å². The minimum atomic E-state index is -0.487. The van der Waals surface area contributed by atoms with Gasteiger partial charge in [-0.15, -0.1) is 0 Å². The first-order chi connectivity index (χ1) is 15.9. The molecule has 1 unspecified atom stereocenters. The fourth-order valence-corrected chi connectivity index (χ4v) is 4.00. The molecule has 4 aromatic rings. The molecular formula is C26H24O7. The van der Waals surface area contributed by atoms with Crippen LogP contribution >= 0.6 is 0 Å². The molecule has 3 aromatic carbocycles.